The van der Waals surface area contributed by atoms with Crippen LogP contribution in [0.15, 0.2) is 141 Å². The zero-order valence-electron chi connectivity index (χ0n) is 41.0. The van der Waals surface area contributed by atoms with Crippen molar-refractivity contribution in [3.63, 3.8) is 0 Å². The van der Waals surface area contributed by atoms with Gasteiger partial charge in [-0.05, 0) is 188 Å². The van der Waals surface area contributed by atoms with Crippen LogP contribution in [0.3, 0.4) is 0 Å². The number of aryl methyl sites for hydroxylation is 5. The summed E-state index contributed by atoms with van der Waals surface area (Å²) < 4.78 is 71.3. The predicted molar refractivity (Wildman–Crippen MR) is 280 cm³/mol. The van der Waals surface area contributed by atoms with Gasteiger partial charge >= 0.3 is 0 Å². The highest BCUT2D eigenvalue weighted by Crippen LogP contribution is 2.41. The van der Waals surface area contributed by atoms with Gasteiger partial charge in [0.05, 0.1) is 26.1 Å². The van der Waals surface area contributed by atoms with Gasteiger partial charge in [0.2, 0.25) is 0 Å². The number of anilines is 2. The number of ketones is 2. The maximum atomic E-state index is 13.4. The number of nitro benzene ring substituents is 2. The molecule has 0 unspecified atom stereocenters. The summed E-state index contributed by atoms with van der Waals surface area (Å²) >= 11 is 0. The van der Waals surface area contributed by atoms with Gasteiger partial charge in [0.25, 0.3) is 31.6 Å². The summed E-state index contributed by atoms with van der Waals surface area (Å²) in [6, 6.07) is 23.1. The Morgan fingerprint density at radius 3 is 1.60 bits per heavy atom. The summed E-state index contributed by atoms with van der Waals surface area (Å²) in [6.07, 6.45) is 5.30. The zero-order valence-corrected chi connectivity index (χ0v) is 42.7. The molecule has 0 aliphatic heterocycles. The van der Waals surface area contributed by atoms with E-state index in [2.05, 4.69) is 5.32 Å². The summed E-state index contributed by atoms with van der Waals surface area (Å²) in [5.74, 6) is -0.445. The molecule has 0 heterocycles. The van der Waals surface area contributed by atoms with E-state index in [1.54, 1.807) is 44.2 Å². The number of carbonyl (C=O) groups excluding carboxylic acids is 2. The Labute approximate surface area is 422 Å². The van der Waals surface area contributed by atoms with Gasteiger partial charge in [-0.3, -0.25) is 38.9 Å². The smallest absolute Gasteiger partial charge is 0.295 e. The van der Waals surface area contributed by atoms with Gasteiger partial charge in [0.15, 0.2) is 11.6 Å². The molecule has 0 amide bonds. The second kappa shape index (κ2) is 20.6. The average molecular weight is 1020 g/mol. The molecule has 7 rings (SSSR count). The number of allylic oxidation sites excluding steroid dienone is 5. The number of rotatable bonds is 15. The van der Waals surface area contributed by atoms with Crippen LogP contribution in [0.2, 0.25) is 0 Å². The van der Waals surface area contributed by atoms with Gasteiger partial charge in [-0.25, -0.2) is 4.99 Å². The van der Waals surface area contributed by atoms with Gasteiger partial charge < -0.3 is 5.32 Å². The number of benzene rings is 6. The standard InChI is InChI=1S/C55H50N4O12S2/c1-30-23-34(5)54(36(7)48(30)28-50(60)38-9-15-42(16-10-38)58(62)63)56-40-13-20-45(32(3)25-40)53(47-22-19-44(72(66,67)68)27-52(47)73(69,70)71)46-21-14-41(26-33(46)4)57-55-35(6)24-31(2)49(37(55)8)29-51(61)39-11-17-43(18-12-39)59(64)65/h9-27,56H,28-29H2,1-8H3,(H,66,67,68)(H,69,70,71). The molecule has 374 valence electrons. The molecule has 16 nitrogen and oxygen atoms in total. The van der Waals surface area contributed by atoms with E-state index in [0.717, 1.165) is 56.3 Å². The molecule has 0 bridgehead atoms. The molecular weight excluding hydrogens is 973 g/mol. The molecule has 0 spiro atoms. The SMILES string of the molecule is CC1=CC(=Nc2c(C)cc(C)c(CC(=O)c3ccc([N+](=O)[O-])cc3)c2C)C=CC1=C(c1ccc(Nc2c(C)cc(C)c(CC(=O)c3ccc([N+](=O)[O-])cc3)c2C)cc1C)c1ccc(S(=O)(=O)O)cc1S(=O)(=O)O. The molecule has 1 aliphatic rings. The molecule has 0 aromatic heterocycles. The summed E-state index contributed by atoms with van der Waals surface area (Å²) in [5.41, 5.74) is 11.9. The molecule has 3 N–H and O–H groups in total. The number of hydrogen-bond acceptors (Lipinski definition) is 12. The van der Waals surface area contributed by atoms with E-state index in [1.165, 1.54) is 54.6 Å². The number of non-ortho nitro benzene ring substituents is 2. The van der Waals surface area contributed by atoms with Crippen molar-refractivity contribution < 1.29 is 45.4 Å². The number of nitrogens with one attached hydrogen (secondary N) is 1. The minimum atomic E-state index is -5.13. The van der Waals surface area contributed by atoms with Crippen LogP contribution >= 0.6 is 0 Å². The Morgan fingerprint density at radius 2 is 1.11 bits per heavy atom. The van der Waals surface area contributed by atoms with Crippen LogP contribution in [0.25, 0.3) is 5.57 Å². The third kappa shape index (κ3) is 11.4. The first kappa shape index (κ1) is 52.8. The van der Waals surface area contributed by atoms with Crippen LogP contribution in [-0.2, 0) is 33.1 Å². The van der Waals surface area contributed by atoms with Crippen molar-refractivity contribution in [3.05, 3.63) is 219 Å². The fraction of sp³-hybridized carbons (Fsp3) is 0.182. The summed E-state index contributed by atoms with van der Waals surface area (Å²) in [4.78, 5) is 51.7. The van der Waals surface area contributed by atoms with E-state index >= 15 is 0 Å². The summed E-state index contributed by atoms with van der Waals surface area (Å²) in [6.45, 7) is 15.0. The largest absolute Gasteiger partial charge is 0.355 e. The Balaban J connectivity index is 1.29. The van der Waals surface area contributed by atoms with Crippen LogP contribution < -0.4 is 5.32 Å². The van der Waals surface area contributed by atoms with E-state index in [0.29, 0.717) is 62.1 Å². The fourth-order valence-electron chi connectivity index (χ4n) is 9.22. The van der Waals surface area contributed by atoms with Gasteiger partial charge in [-0.1, -0.05) is 30.3 Å². The Morgan fingerprint density at radius 1 is 0.589 bits per heavy atom. The van der Waals surface area contributed by atoms with E-state index in [-0.39, 0.29) is 41.3 Å². The number of nitrogens with zero attached hydrogens (tertiary/aromatic N) is 3. The average Bonchev–Trinajstić information content (AvgIpc) is 3.32. The van der Waals surface area contributed by atoms with Crippen molar-refractivity contribution in [1.82, 2.24) is 0 Å². The highest BCUT2D eigenvalue weighted by Gasteiger charge is 2.27. The van der Waals surface area contributed by atoms with Crippen LogP contribution in [0.5, 0.6) is 0 Å². The molecule has 1 aliphatic carbocycles. The predicted octanol–water partition coefficient (Wildman–Crippen LogP) is 11.8. The van der Waals surface area contributed by atoms with E-state index in [9.17, 15) is 55.8 Å². The van der Waals surface area contributed by atoms with E-state index < -0.39 is 39.9 Å². The van der Waals surface area contributed by atoms with E-state index in [4.69, 9.17) is 4.99 Å². The lowest BCUT2D eigenvalue weighted by atomic mass is 9.85. The minimum absolute atomic E-state index is 0.0209. The first-order chi connectivity index (χ1) is 34.2. The van der Waals surface area contributed by atoms with Crippen molar-refractivity contribution >= 4 is 71.5 Å². The van der Waals surface area contributed by atoms with E-state index in [1.807, 2.05) is 59.7 Å². The normalized spacial score (nSPS) is 13.9. The lowest BCUT2D eigenvalue weighted by Crippen LogP contribution is -2.10. The molecule has 0 radical (unpaired) electrons. The minimum Gasteiger partial charge on any atom is -0.355 e. The highest BCUT2D eigenvalue weighted by atomic mass is 32.2. The molecule has 0 saturated heterocycles. The van der Waals surface area contributed by atoms with Crippen molar-refractivity contribution in [2.45, 2.75) is 78.0 Å². The van der Waals surface area contributed by atoms with Crippen LogP contribution in [0.4, 0.5) is 28.4 Å². The lowest BCUT2D eigenvalue weighted by molar-refractivity contribution is -0.385. The Hall–Kier alpha value is -8.03. The van der Waals surface area contributed by atoms with Crippen molar-refractivity contribution in [2.75, 3.05) is 5.32 Å². The molecule has 6 aromatic carbocycles. The maximum Gasteiger partial charge on any atom is 0.295 e. The quantitative estimate of drug-likeness (QED) is 0.0375. The van der Waals surface area contributed by atoms with Crippen molar-refractivity contribution in [3.8, 4) is 0 Å². The van der Waals surface area contributed by atoms with Gasteiger partial charge in [-0.15, -0.1) is 0 Å². The third-order valence-corrected chi connectivity index (χ3v) is 14.7. The monoisotopic (exact) mass is 1020 g/mol. The Kier molecular flexibility index (Phi) is 14.9. The molecule has 0 saturated carbocycles. The topological polar surface area (TPSA) is 254 Å². The first-order valence-electron chi connectivity index (χ1n) is 22.6. The lowest BCUT2D eigenvalue weighted by Gasteiger charge is -2.22. The van der Waals surface area contributed by atoms with Gasteiger partial charge in [0.1, 0.15) is 4.90 Å². The Bertz CT molecular complexity index is 3700. The second-order valence-corrected chi connectivity index (χ2v) is 20.8. The highest BCUT2D eigenvalue weighted by molar-refractivity contribution is 7.86. The van der Waals surface area contributed by atoms with Gasteiger partial charge in [0, 0.05) is 65.2 Å². The molecule has 73 heavy (non-hydrogen) atoms. The number of aliphatic imine (C=N–C) groups is 1. The fourth-order valence-corrected chi connectivity index (χ4v) is 10.5. The molecule has 0 atom stereocenters. The molecule has 6 aromatic rings. The zero-order chi connectivity index (χ0) is 53.4. The third-order valence-electron chi connectivity index (χ3n) is 13.0. The van der Waals surface area contributed by atoms with Crippen molar-refractivity contribution in [1.29, 1.82) is 0 Å². The maximum absolute atomic E-state index is 13.4. The second-order valence-electron chi connectivity index (χ2n) is 18.0. The molecule has 0 fully saturated rings. The van der Waals surface area contributed by atoms with Crippen LogP contribution in [0, 0.1) is 68.7 Å². The van der Waals surface area contributed by atoms with Crippen LogP contribution in [0.1, 0.15) is 88.8 Å². The molecule has 18 heteroatoms. The van der Waals surface area contributed by atoms with Crippen molar-refractivity contribution in [2.24, 2.45) is 4.99 Å². The number of nitro groups is 2. The van der Waals surface area contributed by atoms with Gasteiger partial charge in [-0.2, -0.15) is 16.8 Å². The summed E-state index contributed by atoms with van der Waals surface area (Å²) in [5, 5.41) is 25.9. The first-order valence-corrected chi connectivity index (χ1v) is 25.5. The summed E-state index contributed by atoms with van der Waals surface area (Å²) in [7, 11) is -10.0. The molecular formula is C55H50N4O12S2. The number of hydrogen-bond donors (Lipinski definition) is 3. The van der Waals surface area contributed by atoms with Crippen LogP contribution in [-0.4, -0.2) is 53.1 Å². The number of carbonyl (C=O) groups is 2. The number of Topliss-reactive ketones (excluding diaryl/α,β-unsaturated/α-hetero) is 2.